The Bertz CT molecular complexity index is 771. The van der Waals surface area contributed by atoms with Gasteiger partial charge in [0.2, 0.25) is 0 Å². The molecule has 0 amide bonds. The van der Waals surface area contributed by atoms with Gasteiger partial charge in [0.15, 0.2) is 5.41 Å². The molecule has 0 unspecified atom stereocenters. The van der Waals surface area contributed by atoms with Crippen molar-refractivity contribution in [1.82, 2.24) is 0 Å². The lowest BCUT2D eigenvalue weighted by Crippen LogP contribution is -2.17. The molecule has 2 aromatic carbocycles. The number of nitrogens with zero attached hydrogens (tertiary/aromatic N) is 2. The molecule has 0 radical (unpaired) electrons. The van der Waals surface area contributed by atoms with Crippen molar-refractivity contribution in [3.8, 4) is 12.1 Å². The van der Waals surface area contributed by atoms with Gasteiger partial charge in [0, 0.05) is 6.42 Å². The van der Waals surface area contributed by atoms with Crippen LogP contribution in [0.15, 0.2) is 61.2 Å². The third-order valence-electron chi connectivity index (χ3n) is 3.65. The minimum absolute atomic E-state index is 0.349. The average Bonchev–Trinajstić information content (AvgIpc) is 2.55. The predicted octanol–water partition coefficient (Wildman–Crippen LogP) is 4.85. The van der Waals surface area contributed by atoms with Crippen molar-refractivity contribution in [2.24, 2.45) is 5.41 Å². The first-order valence-electron chi connectivity index (χ1n) is 6.79. The number of hydrogen-bond acceptors (Lipinski definition) is 2. The number of fused-ring (bicyclic) bond motifs is 1. The second-order valence-corrected chi connectivity index (χ2v) is 4.94. The third-order valence-corrected chi connectivity index (χ3v) is 3.65. The Morgan fingerprint density at radius 2 is 1.81 bits per heavy atom. The van der Waals surface area contributed by atoms with Crippen LogP contribution in [0.3, 0.4) is 0 Å². The van der Waals surface area contributed by atoms with E-state index in [0.29, 0.717) is 12.0 Å². The summed E-state index contributed by atoms with van der Waals surface area (Å²) in [6.07, 6.45) is 4.03. The van der Waals surface area contributed by atoms with Crippen molar-refractivity contribution in [3.05, 3.63) is 66.8 Å². The quantitative estimate of drug-likeness (QED) is 0.747. The molecular weight excluding hydrogens is 256 g/mol. The largest absolute Gasteiger partial charge is 0.196 e. The van der Waals surface area contributed by atoms with Crippen LogP contribution in [0.2, 0.25) is 0 Å². The van der Waals surface area contributed by atoms with Gasteiger partial charge in [-0.2, -0.15) is 10.5 Å². The number of rotatable bonds is 4. The van der Waals surface area contributed by atoms with Crippen LogP contribution in [0.1, 0.15) is 18.9 Å². The Hall–Kier alpha value is -2.84. The fourth-order valence-electron chi connectivity index (χ4n) is 2.29. The van der Waals surface area contributed by atoms with E-state index in [4.69, 9.17) is 0 Å². The van der Waals surface area contributed by atoms with E-state index in [1.54, 1.807) is 0 Å². The fraction of sp³-hybridized carbons (Fsp3) is 0.158. The Balaban J connectivity index is 2.49. The zero-order valence-corrected chi connectivity index (χ0v) is 12.0. The Morgan fingerprint density at radius 1 is 1.14 bits per heavy atom. The van der Waals surface area contributed by atoms with Crippen molar-refractivity contribution in [2.75, 3.05) is 0 Å². The van der Waals surface area contributed by atoms with Crippen molar-refractivity contribution in [2.45, 2.75) is 13.3 Å². The summed E-state index contributed by atoms with van der Waals surface area (Å²) in [5.74, 6) is 0. The molecule has 102 valence electrons. The van der Waals surface area contributed by atoms with Crippen LogP contribution < -0.4 is 0 Å². The highest BCUT2D eigenvalue weighted by atomic mass is 14.4. The normalized spacial score (nSPS) is 11.2. The zero-order chi connectivity index (χ0) is 15.3. The maximum Gasteiger partial charge on any atom is 0.172 e. The average molecular weight is 272 g/mol. The lowest BCUT2D eigenvalue weighted by Gasteiger charge is -2.20. The summed E-state index contributed by atoms with van der Waals surface area (Å²) in [6.45, 7) is 5.89. The maximum atomic E-state index is 9.48. The summed E-state index contributed by atoms with van der Waals surface area (Å²) >= 11 is 0. The highest BCUT2D eigenvalue weighted by Gasteiger charge is 2.33. The summed E-state index contributed by atoms with van der Waals surface area (Å²) in [5, 5.41) is 21.2. The van der Waals surface area contributed by atoms with Gasteiger partial charge in [-0.15, -0.1) is 0 Å². The van der Waals surface area contributed by atoms with Gasteiger partial charge in [-0.1, -0.05) is 55.1 Å². The molecule has 0 aliphatic rings. The maximum absolute atomic E-state index is 9.48. The fourth-order valence-corrected chi connectivity index (χ4v) is 2.29. The summed E-state index contributed by atoms with van der Waals surface area (Å²) in [5.41, 5.74) is 0.173. The number of nitriles is 2. The monoisotopic (exact) mass is 272 g/mol. The molecule has 0 spiro atoms. The predicted molar refractivity (Wildman–Crippen MR) is 86.1 cm³/mol. The van der Waals surface area contributed by atoms with Gasteiger partial charge in [0.25, 0.3) is 0 Å². The van der Waals surface area contributed by atoms with Crippen LogP contribution in [0.5, 0.6) is 0 Å². The van der Waals surface area contributed by atoms with E-state index in [9.17, 15) is 10.5 Å². The number of hydrogen-bond donors (Lipinski definition) is 0. The molecule has 2 aromatic rings. The Labute approximate surface area is 125 Å². The van der Waals surface area contributed by atoms with Crippen LogP contribution in [-0.4, -0.2) is 0 Å². The van der Waals surface area contributed by atoms with Crippen molar-refractivity contribution >= 4 is 16.3 Å². The van der Waals surface area contributed by atoms with Crippen molar-refractivity contribution < 1.29 is 0 Å². The standard InChI is InChI=1S/C19H16N2/c1-3-4-11-19(13-20,14-21)15(2)17-10-9-16-7-5-6-8-18(16)12-17/h3-10,12H,2,11H2,1H3/b4-3+. The summed E-state index contributed by atoms with van der Waals surface area (Å²) < 4.78 is 0. The molecule has 0 saturated carbocycles. The number of benzene rings is 2. The van der Waals surface area contributed by atoms with E-state index in [0.717, 1.165) is 16.3 Å². The van der Waals surface area contributed by atoms with Gasteiger partial charge in [-0.25, -0.2) is 0 Å². The first-order valence-corrected chi connectivity index (χ1v) is 6.79. The van der Waals surface area contributed by atoms with E-state index in [1.807, 2.05) is 61.5 Å². The van der Waals surface area contributed by atoms with E-state index in [1.165, 1.54) is 0 Å². The molecule has 2 rings (SSSR count). The van der Waals surface area contributed by atoms with Crippen LogP contribution >= 0.6 is 0 Å². The molecule has 2 nitrogen and oxygen atoms in total. The molecule has 0 N–H and O–H groups in total. The Kier molecular flexibility index (Phi) is 4.21. The molecule has 0 aliphatic heterocycles. The highest BCUT2D eigenvalue weighted by molar-refractivity contribution is 5.87. The summed E-state index contributed by atoms with van der Waals surface area (Å²) in [7, 11) is 0. The Morgan fingerprint density at radius 3 is 2.43 bits per heavy atom. The minimum Gasteiger partial charge on any atom is -0.196 e. The molecule has 2 heteroatoms. The van der Waals surface area contributed by atoms with Crippen molar-refractivity contribution in [1.29, 1.82) is 10.5 Å². The van der Waals surface area contributed by atoms with Gasteiger partial charge in [0.1, 0.15) is 0 Å². The van der Waals surface area contributed by atoms with Crippen LogP contribution in [0.4, 0.5) is 0 Å². The van der Waals surface area contributed by atoms with Crippen LogP contribution in [-0.2, 0) is 0 Å². The first-order chi connectivity index (χ1) is 10.2. The SMILES string of the molecule is C=C(c1ccc2ccccc2c1)C(C#N)(C#N)C/C=C/C. The molecule has 0 aliphatic carbocycles. The minimum atomic E-state index is -1.21. The second-order valence-electron chi connectivity index (χ2n) is 4.94. The third kappa shape index (κ3) is 2.71. The molecule has 0 aromatic heterocycles. The molecule has 0 fully saturated rings. The van der Waals surface area contributed by atoms with Gasteiger partial charge < -0.3 is 0 Å². The lowest BCUT2D eigenvalue weighted by atomic mass is 9.77. The molecule has 0 bridgehead atoms. The summed E-state index contributed by atoms with van der Waals surface area (Å²) in [4.78, 5) is 0. The van der Waals surface area contributed by atoms with Gasteiger partial charge >= 0.3 is 0 Å². The van der Waals surface area contributed by atoms with E-state index < -0.39 is 5.41 Å². The van der Waals surface area contributed by atoms with E-state index in [-0.39, 0.29) is 0 Å². The molecule has 0 saturated heterocycles. The second kappa shape index (κ2) is 6.07. The molecule has 21 heavy (non-hydrogen) atoms. The van der Waals surface area contributed by atoms with Crippen LogP contribution in [0, 0.1) is 28.1 Å². The molecule has 0 heterocycles. The highest BCUT2D eigenvalue weighted by Crippen LogP contribution is 2.37. The van der Waals surface area contributed by atoms with Gasteiger partial charge in [-0.3, -0.25) is 0 Å². The van der Waals surface area contributed by atoms with Crippen LogP contribution in [0.25, 0.3) is 16.3 Å². The number of allylic oxidation sites excluding steroid dienone is 3. The van der Waals surface area contributed by atoms with E-state index in [2.05, 4.69) is 18.7 Å². The van der Waals surface area contributed by atoms with Gasteiger partial charge in [0.05, 0.1) is 12.1 Å². The molecular formula is C19H16N2. The van der Waals surface area contributed by atoms with Crippen molar-refractivity contribution in [3.63, 3.8) is 0 Å². The first kappa shape index (κ1) is 14.6. The lowest BCUT2D eigenvalue weighted by molar-refractivity contribution is 0.698. The zero-order valence-electron chi connectivity index (χ0n) is 12.0. The summed E-state index contributed by atoms with van der Waals surface area (Å²) in [6, 6.07) is 18.2. The smallest absolute Gasteiger partial charge is 0.172 e. The van der Waals surface area contributed by atoms with E-state index >= 15 is 0 Å². The van der Waals surface area contributed by atoms with Gasteiger partial charge in [-0.05, 0) is 34.9 Å². The molecule has 0 atom stereocenters. The topological polar surface area (TPSA) is 47.6 Å².